The smallest absolute Gasteiger partial charge is 0.283 e. The number of aryl methyl sites for hydroxylation is 1. The van der Waals surface area contributed by atoms with Crippen LogP contribution in [0.3, 0.4) is 0 Å². The Labute approximate surface area is 138 Å². The molecule has 0 aliphatic rings. The second kappa shape index (κ2) is 5.93. The molecule has 0 radical (unpaired) electrons. The number of benzene rings is 1. The van der Waals surface area contributed by atoms with Gasteiger partial charge in [0, 0.05) is 30.9 Å². The third-order valence-corrected chi connectivity index (χ3v) is 4.74. The Bertz CT molecular complexity index is 1010. The Morgan fingerprint density at radius 3 is 2.71 bits per heavy atom. The van der Waals surface area contributed by atoms with Crippen molar-refractivity contribution in [3.8, 4) is 5.75 Å². The molecule has 9 heteroatoms. The standard InChI is InChI=1S/C15H14N4O4S/c1-19-12-8-11(23-2)4-3-10(12)7-13(19)15(20)18-24(21,22)14-9-16-5-6-17-14/h3-9H,1-2H3,(H,18,20). The van der Waals surface area contributed by atoms with Gasteiger partial charge in [-0.25, -0.2) is 9.71 Å². The summed E-state index contributed by atoms with van der Waals surface area (Å²) in [4.78, 5) is 19.8. The molecule has 3 rings (SSSR count). The van der Waals surface area contributed by atoms with Gasteiger partial charge < -0.3 is 9.30 Å². The number of nitrogens with zero attached hydrogens (tertiary/aromatic N) is 3. The first-order chi connectivity index (χ1) is 11.4. The van der Waals surface area contributed by atoms with Crippen LogP contribution in [0.5, 0.6) is 5.75 Å². The topological polar surface area (TPSA) is 103 Å². The van der Waals surface area contributed by atoms with E-state index in [0.717, 1.165) is 17.1 Å². The first-order valence-corrected chi connectivity index (χ1v) is 8.37. The Morgan fingerprint density at radius 2 is 2.04 bits per heavy atom. The van der Waals surface area contributed by atoms with Crippen LogP contribution in [-0.4, -0.2) is 36.0 Å². The van der Waals surface area contributed by atoms with Crippen LogP contribution in [0.15, 0.2) is 47.9 Å². The van der Waals surface area contributed by atoms with Crippen molar-refractivity contribution in [1.82, 2.24) is 19.3 Å². The van der Waals surface area contributed by atoms with Gasteiger partial charge in [0.2, 0.25) is 0 Å². The highest BCUT2D eigenvalue weighted by molar-refractivity contribution is 7.90. The molecule has 0 atom stereocenters. The Hall–Kier alpha value is -2.94. The van der Waals surface area contributed by atoms with Crippen molar-refractivity contribution in [2.45, 2.75) is 5.03 Å². The molecule has 3 aromatic rings. The number of fused-ring (bicyclic) bond motifs is 1. The molecule has 0 aliphatic heterocycles. The Kier molecular flexibility index (Phi) is 3.94. The number of rotatable bonds is 4. The summed E-state index contributed by atoms with van der Waals surface area (Å²) in [7, 11) is -0.867. The number of carbonyl (C=O) groups is 1. The zero-order valence-electron chi connectivity index (χ0n) is 12.9. The molecule has 1 aromatic carbocycles. The SMILES string of the molecule is COc1ccc2cc(C(=O)NS(=O)(=O)c3cnccn3)n(C)c2c1. The van der Waals surface area contributed by atoms with Gasteiger partial charge in [-0.2, -0.15) is 8.42 Å². The lowest BCUT2D eigenvalue weighted by Crippen LogP contribution is -2.32. The number of aromatic nitrogens is 3. The summed E-state index contributed by atoms with van der Waals surface area (Å²) in [6.45, 7) is 0. The van der Waals surface area contributed by atoms with Gasteiger partial charge in [0.25, 0.3) is 15.9 Å². The first-order valence-electron chi connectivity index (χ1n) is 6.89. The van der Waals surface area contributed by atoms with Gasteiger partial charge in [-0.3, -0.25) is 9.78 Å². The summed E-state index contributed by atoms with van der Waals surface area (Å²) in [6.07, 6.45) is 3.66. The van der Waals surface area contributed by atoms with Gasteiger partial charge in [-0.1, -0.05) is 0 Å². The number of amides is 1. The summed E-state index contributed by atoms with van der Waals surface area (Å²) < 4.78 is 33.1. The fourth-order valence-corrected chi connectivity index (χ4v) is 3.16. The second-order valence-electron chi connectivity index (χ2n) is 4.99. The molecule has 0 bridgehead atoms. The predicted molar refractivity (Wildman–Crippen MR) is 86.2 cm³/mol. The van der Waals surface area contributed by atoms with Crippen LogP contribution >= 0.6 is 0 Å². The van der Waals surface area contributed by atoms with E-state index in [9.17, 15) is 13.2 Å². The Balaban J connectivity index is 1.96. The lowest BCUT2D eigenvalue weighted by Gasteiger charge is -2.07. The molecular formula is C15H14N4O4S. The van der Waals surface area contributed by atoms with E-state index in [0.29, 0.717) is 5.75 Å². The van der Waals surface area contributed by atoms with Crippen molar-refractivity contribution in [1.29, 1.82) is 0 Å². The minimum absolute atomic E-state index is 0.200. The number of hydrogen-bond acceptors (Lipinski definition) is 6. The monoisotopic (exact) mass is 346 g/mol. The van der Waals surface area contributed by atoms with Gasteiger partial charge in [-0.05, 0) is 18.2 Å². The normalized spacial score (nSPS) is 11.4. The number of carbonyl (C=O) groups excluding carboxylic acids is 1. The minimum Gasteiger partial charge on any atom is -0.497 e. The maximum Gasteiger partial charge on any atom is 0.283 e. The molecule has 24 heavy (non-hydrogen) atoms. The van der Waals surface area contributed by atoms with Crippen LogP contribution in [0.2, 0.25) is 0 Å². The molecule has 0 fully saturated rings. The maximum atomic E-state index is 12.4. The van der Waals surface area contributed by atoms with Crippen molar-refractivity contribution in [2.24, 2.45) is 7.05 Å². The lowest BCUT2D eigenvalue weighted by molar-refractivity contribution is 0.0974. The maximum absolute atomic E-state index is 12.4. The van der Waals surface area contributed by atoms with E-state index in [-0.39, 0.29) is 10.7 Å². The van der Waals surface area contributed by atoms with Crippen LogP contribution in [0.25, 0.3) is 10.9 Å². The minimum atomic E-state index is -4.09. The van der Waals surface area contributed by atoms with Crippen molar-refractivity contribution in [2.75, 3.05) is 7.11 Å². The van der Waals surface area contributed by atoms with Crippen LogP contribution in [-0.2, 0) is 17.1 Å². The van der Waals surface area contributed by atoms with Gasteiger partial charge in [0.1, 0.15) is 11.4 Å². The molecule has 1 amide bonds. The highest BCUT2D eigenvalue weighted by atomic mass is 32.2. The summed E-state index contributed by atoms with van der Waals surface area (Å²) in [5.74, 6) is -0.110. The van der Waals surface area contributed by atoms with Gasteiger partial charge in [-0.15, -0.1) is 0 Å². The molecule has 8 nitrogen and oxygen atoms in total. The fraction of sp³-hybridized carbons (Fsp3) is 0.133. The van der Waals surface area contributed by atoms with Gasteiger partial charge in [0.05, 0.1) is 18.8 Å². The van der Waals surface area contributed by atoms with E-state index in [2.05, 4.69) is 9.97 Å². The van der Waals surface area contributed by atoms with Crippen molar-refractivity contribution >= 4 is 26.8 Å². The highest BCUT2D eigenvalue weighted by Gasteiger charge is 2.22. The molecule has 0 saturated heterocycles. The molecule has 2 heterocycles. The van der Waals surface area contributed by atoms with E-state index in [1.807, 2.05) is 4.72 Å². The summed E-state index contributed by atoms with van der Waals surface area (Å²) >= 11 is 0. The molecule has 124 valence electrons. The van der Waals surface area contributed by atoms with Crippen molar-refractivity contribution in [3.05, 3.63) is 48.5 Å². The van der Waals surface area contributed by atoms with Crippen LogP contribution in [0.1, 0.15) is 10.5 Å². The lowest BCUT2D eigenvalue weighted by atomic mass is 10.2. The predicted octanol–water partition coefficient (Wildman–Crippen LogP) is 1.10. The molecular weight excluding hydrogens is 332 g/mol. The van der Waals surface area contributed by atoms with Crippen LogP contribution in [0, 0.1) is 0 Å². The number of sulfonamides is 1. The molecule has 2 aromatic heterocycles. The van der Waals surface area contributed by atoms with E-state index in [1.54, 1.807) is 43.0 Å². The number of nitrogens with one attached hydrogen (secondary N) is 1. The summed E-state index contributed by atoms with van der Waals surface area (Å²) in [5.41, 5.74) is 0.946. The average Bonchev–Trinajstić information content (AvgIpc) is 2.92. The van der Waals surface area contributed by atoms with Gasteiger partial charge >= 0.3 is 0 Å². The van der Waals surface area contributed by atoms with Crippen LogP contribution in [0.4, 0.5) is 0 Å². The number of ether oxygens (including phenoxy) is 1. The molecule has 0 saturated carbocycles. The van der Waals surface area contributed by atoms with E-state index in [1.165, 1.54) is 12.4 Å². The number of hydrogen-bond donors (Lipinski definition) is 1. The summed E-state index contributed by atoms with van der Waals surface area (Å²) in [5, 5.41) is 0.471. The van der Waals surface area contributed by atoms with Crippen LogP contribution < -0.4 is 9.46 Å². The van der Waals surface area contributed by atoms with E-state index >= 15 is 0 Å². The average molecular weight is 346 g/mol. The largest absolute Gasteiger partial charge is 0.497 e. The highest BCUT2D eigenvalue weighted by Crippen LogP contribution is 2.24. The quantitative estimate of drug-likeness (QED) is 0.759. The zero-order valence-corrected chi connectivity index (χ0v) is 13.7. The third-order valence-electron chi connectivity index (χ3n) is 3.53. The molecule has 1 N–H and O–H groups in total. The molecule has 0 spiro atoms. The fourth-order valence-electron chi connectivity index (χ4n) is 2.31. The molecule has 0 aliphatic carbocycles. The van der Waals surface area contributed by atoms with Crippen molar-refractivity contribution in [3.63, 3.8) is 0 Å². The number of methoxy groups -OCH3 is 1. The van der Waals surface area contributed by atoms with Crippen molar-refractivity contribution < 1.29 is 17.9 Å². The summed E-state index contributed by atoms with van der Waals surface area (Å²) in [6, 6.07) is 6.93. The van der Waals surface area contributed by atoms with E-state index < -0.39 is 15.9 Å². The third kappa shape index (κ3) is 2.81. The van der Waals surface area contributed by atoms with E-state index in [4.69, 9.17) is 4.74 Å². The Morgan fingerprint density at radius 1 is 1.25 bits per heavy atom. The zero-order chi connectivity index (χ0) is 17.3. The molecule has 0 unspecified atom stereocenters. The second-order valence-corrected chi connectivity index (χ2v) is 6.62. The first kappa shape index (κ1) is 15.9. The van der Waals surface area contributed by atoms with Gasteiger partial charge in [0.15, 0.2) is 5.03 Å².